The molecular formula is C32H35F5N2O4. The number of alkyl halides is 5. The number of halogens is 5. The number of nitrogens with two attached hydrogens (primary N) is 2. The Morgan fingerprint density at radius 3 is 2.12 bits per heavy atom. The zero-order valence-corrected chi connectivity index (χ0v) is 23.5. The van der Waals surface area contributed by atoms with E-state index in [4.69, 9.17) is 25.7 Å². The molecule has 0 aliphatic heterocycles. The van der Waals surface area contributed by atoms with E-state index in [1.165, 1.54) is 48.6 Å². The summed E-state index contributed by atoms with van der Waals surface area (Å²) in [5.41, 5.74) is 14.1. The monoisotopic (exact) mass is 606 g/mol. The van der Waals surface area contributed by atoms with Crippen LogP contribution < -0.4 is 20.9 Å². The molecule has 0 unspecified atom stereocenters. The highest BCUT2D eigenvalue weighted by Gasteiger charge is 2.34. The summed E-state index contributed by atoms with van der Waals surface area (Å²) in [6.07, 6.45) is -2.89. The first-order chi connectivity index (χ1) is 20.4. The van der Waals surface area contributed by atoms with Gasteiger partial charge >= 0.3 is 18.3 Å². The summed E-state index contributed by atoms with van der Waals surface area (Å²) < 4.78 is 81.3. The van der Waals surface area contributed by atoms with Crippen LogP contribution in [0.1, 0.15) is 55.2 Å². The van der Waals surface area contributed by atoms with Gasteiger partial charge < -0.3 is 25.7 Å². The second kappa shape index (κ2) is 15.8. The molecule has 0 atom stereocenters. The first-order valence-electron chi connectivity index (χ1n) is 13.9. The van der Waals surface area contributed by atoms with Crippen LogP contribution >= 0.6 is 0 Å². The molecule has 0 aliphatic carbocycles. The first-order valence-corrected chi connectivity index (χ1v) is 13.9. The van der Waals surface area contributed by atoms with Crippen LogP contribution in [0.25, 0.3) is 6.08 Å². The number of benzene rings is 3. The topological polar surface area (TPSA) is 96.8 Å². The number of unbranched alkanes of at least 4 members (excludes halogenated alkanes) is 3. The molecule has 0 radical (unpaired) electrons. The van der Waals surface area contributed by atoms with E-state index in [0.29, 0.717) is 42.0 Å². The van der Waals surface area contributed by atoms with Gasteiger partial charge in [-0.25, -0.2) is 4.79 Å². The van der Waals surface area contributed by atoms with Crippen LogP contribution in [0.15, 0.2) is 72.8 Å². The zero-order valence-electron chi connectivity index (χ0n) is 23.5. The van der Waals surface area contributed by atoms with Gasteiger partial charge in [0.1, 0.15) is 11.5 Å². The van der Waals surface area contributed by atoms with Gasteiger partial charge in [0.2, 0.25) is 0 Å². The van der Waals surface area contributed by atoms with Crippen molar-refractivity contribution >= 4 is 23.4 Å². The van der Waals surface area contributed by atoms with Crippen molar-refractivity contribution in [1.82, 2.24) is 0 Å². The van der Waals surface area contributed by atoms with E-state index >= 15 is 0 Å². The lowest BCUT2D eigenvalue weighted by Crippen LogP contribution is -2.21. The molecule has 0 aliphatic rings. The molecule has 43 heavy (non-hydrogen) atoms. The molecule has 0 heterocycles. The summed E-state index contributed by atoms with van der Waals surface area (Å²) >= 11 is 0. The second-order valence-corrected chi connectivity index (χ2v) is 9.90. The number of esters is 1. The number of carbonyl (C=O) groups excluding carboxylic acids is 1. The number of rotatable bonds is 16. The van der Waals surface area contributed by atoms with Crippen LogP contribution in [0.2, 0.25) is 0 Å². The minimum Gasteiger partial charge on any atom is -0.494 e. The molecule has 0 spiro atoms. The van der Waals surface area contributed by atoms with Crippen LogP contribution in [0, 0.1) is 0 Å². The lowest BCUT2D eigenvalue weighted by atomic mass is 10.1. The molecule has 0 saturated carbocycles. The van der Waals surface area contributed by atoms with Gasteiger partial charge in [-0.2, -0.15) is 22.0 Å². The van der Waals surface area contributed by atoms with Crippen molar-refractivity contribution in [3.05, 3.63) is 89.5 Å². The van der Waals surface area contributed by atoms with Gasteiger partial charge in [-0.15, -0.1) is 0 Å². The SMILES string of the molecule is Nc1ccc(CCCCOC(=O)/C=C/c2ccc(OC(F)(F)c3ccc(OCCCCCC(F)(F)F)cc3)cc2)c(N)c1. The summed E-state index contributed by atoms with van der Waals surface area (Å²) in [4.78, 5) is 12.0. The van der Waals surface area contributed by atoms with Crippen LogP contribution in [0.5, 0.6) is 11.5 Å². The molecule has 3 rings (SSSR count). The van der Waals surface area contributed by atoms with Crippen molar-refractivity contribution in [1.29, 1.82) is 0 Å². The maximum Gasteiger partial charge on any atom is 0.426 e. The van der Waals surface area contributed by atoms with Gasteiger partial charge in [0.25, 0.3) is 0 Å². The van der Waals surface area contributed by atoms with E-state index in [-0.39, 0.29) is 25.4 Å². The van der Waals surface area contributed by atoms with Crippen molar-refractivity contribution < 1.29 is 41.0 Å². The van der Waals surface area contributed by atoms with Crippen LogP contribution in [0.4, 0.5) is 33.3 Å². The Bertz CT molecular complexity index is 1330. The van der Waals surface area contributed by atoms with Crippen LogP contribution in [-0.2, 0) is 22.1 Å². The highest BCUT2D eigenvalue weighted by molar-refractivity contribution is 5.87. The Labute approximate surface area is 247 Å². The van der Waals surface area contributed by atoms with Crippen molar-refractivity contribution in [2.75, 3.05) is 24.7 Å². The lowest BCUT2D eigenvalue weighted by molar-refractivity contribution is -0.185. The van der Waals surface area contributed by atoms with E-state index < -0.39 is 30.2 Å². The molecule has 3 aromatic rings. The molecular weight excluding hydrogens is 571 g/mol. The summed E-state index contributed by atoms with van der Waals surface area (Å²) in [7, 11) is 0. The van der Waals surface area contributed by atoms with Crippen LogP contribution in [-0.4, -0.2) is 25.4 Å². The predicted octanol–water partition coefficient (Wildman–Crippen LogP) is 8.06. The van der Waals surface area contributed by atoms with Crippen molar-refractivity contribution in [3.63, 3.8) is 0 Å². The van der Waals surface area contributed by atoms with Gasteiger partial charge in [-0.1, -0.05) is 18.2 Å². The van der Waals surface area contributed by atoms with Crippen LogP contribution in [0.3, 0.4) is 0 Å². The third-order valence-electron chi connectivity index (χ3n) is 6.36. The Hall–Kier alpha value is -4.28. The molecule has 11 heteroatoms. The number of carbonyl (C=O) groups is 1. The maximum atomic E-state index is 14.7. The van der Waals surface area contributed by atoms with Gasteiger partial charge in [0.15, 0.2) is 0 Å². The van der Waals surface area contributed by atoms with E-state index in [0.717, 1.165) is 30.5 Å². The van der Waals surface area contributed by atoms with E-state index in [9.17, 15) is 26.7 Å². The largest absolute Gasteiger partial charge is 0.494 e. The third kappa shape index (κ3) is 12.2. The smallest absolute Gasteiger partial charge is 0.426 e. The Morgan fingerprint density at radius 1 is 0.767 bits per heavy atom. The minimum atomic E-state index is -4.17. The summed E-state index contributed by atoms with van der Waals surface area (Å²) in [6, 6.07) is 16.2. The fraction of sp³-hybridized carbons (Fsp3) is 0.344. The number of ether oxygens (including phenoxy) is 3. The van der Waals surface area contributed by atoms with Gasteiger partial charge in [0, 0.05) is 23.9 Å². The predicted molar refractivity (Wildman–Crippen MR) is 156 cm³/mol. The average Bonchev–Trinajstić information content (AvgIpc) is 2.95. The van der Waals surface area contributed by atoms with Crippen molar-refractivity contribution in [2.45, 2.75) is 57.2 Å². The summed E-state index contributed by atoms with van der Waals surface area (Å²) in [6.45, 7) is 0.433. The Kier molecular flexibility index (Phi) is 12.2. The number of anilines is 2. The molecule has 0 fully saturated rings. The Balaban J connectivity index is 1.37. The second-order valence-electron chi connectivity index (χ2n) is 9.90. The molecule has 6 nitrogen and oxygen atoms in total. The molecule has 0 amide bonds. The number of nitrogen functional groups attached to an aromatic ring is 2. The van der Waals surface area contributed by atoms with E-state index in [1.54, 1.807) is 12.1 Å². The molecule has 3 aromatic carbocycles. The van der Waals surface area contributed by atoms with Crippen molar-refractivity contribution in [3.8, 4) is 11.5 Å². The fourth-order valence-corrected chi connectivity index (χ4v) is 4.04. The quantitative estimate of drug-likeness (QED) is 0.0563. The molecule has 232 valence electrons. The third-order valence-corrected chi connectivity index (χ3v) is 6.36. The highest BCUT2D eigenvalue weighted by atomic mass is 19.4. The normalized spacial score (nSPS) is 11.9. The lowest BCUT2D eigenvalue weighted by Gasteiger charge is -2.18. The molecule has 0 bridgehead atoms. The number of hydrogen-bond acceptors (Lipinski definition) is 6. The first kappa shape index (κ1) is 33.2. The minimum absolute atomic E-state index is 0.0170. The highest BCUT2D eigenvalue weighted by Crippen LogP contribution is 2.33. The van der Waals surface area contributed by atoms with Gasteiger partial charge in [-0.05, 0) is 104 Å². The molecule has 0 saturated heterocycles. The van der Waals surface area contributed by atoms with E-state index in [2.05, 4.69) is 0 Å². The Morgan fingerprint density at radius 2 is 1.44 bits per heavy atom. The van der Waals surface area contributed by atoms with Crippen molar-refractivity contribution in [2.24, 2.45) is 0 Å². The van der Waals surface area contributed by atoms with E-state index in [1.807, 2.05) is 6.07 Å². The van der Waals surface area contributed by atoms with Gasteiger partial charge in [-0.3, -0.25) is 0 Å². The molecule has 0 aromatic heterocycles. The maximum absolute atomic E-state index is 14.7. The van der Waals surface area contributed by atoms with Gasteiger partial charge in [0.05, 0.1) is 18.8 Å². The summed E-state index contributed by atoms with van der Waals surface area (Å²) in [5.74, 6) is -0.272. The summed E-state index contributed by atoms with van der Waals surface area (Å²) in [5, 5.41) is 0. The zero-order chi connectivity index (χ0) is 31.3. The number of aryl methyl sites for hydroxylation is 1. The fourth-order valence-electron chi connectivity index (χ4n) is 4.04. The average molecular weight is 607 g/mol. The standard InChI is InChI=1S/C32H35F5N2O4/c33-31(34,35)19-3-1-4-20-41-27-16-11-25(12-17-27)32(36,37)43-28-14-7-23(8-15-28)9-18-30(40)42-21-5-2-6-24-10-13-26(38)22-29(24)39/h7-18,22H,1-6,19-21,38-39H2/b18-9+. The number of hydrogen-bond donors (Lipinski definition) is 2. The molecule has 4 N–H and O–H groups in total.